The van der Waals surface area contributed by atoms with Crippen LogP contribution in [0, 0.1) is 0 Å². The minimum Gasteiger partial charge on any atom is -0.387 e. The third kappa shape index (κ3) is 6.95. The summed E-state index contributed by atoms with van der Waals surface area (Å²) in [5.74, 6) is -0.0942. The number of aliphatic hydroxyl groups excluding tert-OH is 2. The predicted octanol–water partition coefficient (Wildman–Crippen LogP) is -2.10. The molecule has 166 valence electrons. The van der Waals surface area contributed by atoms with Crippen molar-refractivity contribution in [3.63, 3.8) is 0 Å². The van der Waals surface area contributed by atoms with Gasteiger partial charge in [-0.05, 0) is 17.9 Å². The second kappa shape index (κ2) is 8.86. The molecule has 8 N–H and O–H groups in total. The Hall–Kier alpha value is -0.610. The number of hydrogen-bond acceptors (Lipinski definition) is 12. The lowest BCUT2D eigenvalue weighted by Gasteiger charge is -2.21. The highest BCUT2D eigenvalue weighted by Crippen LogP contribution is 2.66. The second-order valence-corrected chi connectivity index (χ2v) is 11.3. The number of nitrogen functional groups attached to an aromatic ring is 1. The van der Waals surface area contributed by atoms with Crippen molar-refractivity contribution in [3.8, 4) is 0 Å². The lowest BCUT2D eigenvalue weighted by atomic mass is 10.1. The zero-order valence-electron chi connectivity index (χ0n) is 13.9. The number of phosphoric acid groups is 2. The van der Waals surface area contributed by atoms with E-state index in [9.17, 15) is 33.9 Å². The Balaban J connectivity index is 2.05. The molecule has 1 aromatic heterocycles. The third-order valence-corrected chi connectivity index (χ3v) is 8.00. The van der Waals surface area contributed by atoms with Crippen molar-refractivity contribution in [1.29, 1.82) is 0 Å². The maximum Gasteiger partial charge on any atom is 0.488 e. The normalized spacial score (nSPS) is 29.3. The zero-order chi connectivity index (χ0) is 22.2. The summed E-state index contributed by atoms with van der Waals surface area (Å²) >= 11 is 4.42. The van der Waals surface area contributed by atoms with Crippen LogP contribution in [0.4, 0.5) is 5.82 Å². The van der Waals surface area contributed by atoms with Crippen molar-refractivity contribution < 1.29 is 56.8 Å². The van der Waals surface area contributed by atoms with Crippen LogP contribution in [0.3, 0.4) is 0 Å². The first-order valence-electron chi connectivity index (χ1n) is 7.25. The molecule has 0 bridgehead atoms. The molecule has 3 unspecified atom stereocenters. The van der Waals surface area contributed by atoms with Gasteiger partial charge in [-0.2, -0.15) is 9.29 Å². The molecule has 0 amide bonds. The van der Waals surface area contributed by atoms with Crippen LogP contribution in [0.5, 0.6) is 0 Å². The number of aliphatic hydroxyl groups is 2. The number of aromatic nitrogens is 2. The maximum absolute atomic E-state index is 11.8. The molecule has 1 aliphatic rings. The van der Waals surface area contributed by atoms with Gasteiger partial charge in [-0.25, -0.2) is 18.2 Å². The molecule has 20 heteroatoms. The largest absolute Gasteiger partial charge is 0.488 e. The Kier molecular flexibility index (Phi) is 7.54. The summed E-state index contributed by atoms with van der Waals surface area (Å²) in [6, 6.07) is 1.23. The van der Waals surface area contributed by atoms with E-state index in [2.05, 4.69) is 25.4 Å². The molecule has 1 aromatic rings. The van der Waals surface area contributed by atoms with Crippen LogP contribution in [-0.2, 0) is 38.8 Å². The van der Waals surface area contributed by atoms with Crippen LogP contribution in [0.15, 0.2) is 17.1 Å². The Morgan fingerprint density at radius 3 is 2.38 bits per heavy atom. The van der Waals surface area contributed by atoms with Crippen molar-refractivity contribution >= 4 is 40.0 Å². The van der Waals surface area contributed by atoms with Crippen molar-refractivity contribution in [2.75, 3.05) is 12.3 Å². The topological polar surface area (TPSA) is 253 Å². The van der Waals surface area contributed by atoms with E-state index in [1.54, 1.807) is 0 Å². The number of nitrogens with zero attached hydrogens (tertiary/aromatic N) is 2. The summed E-state index contributed by atoms with van der Waals surface area (Å²) < 4.78 is 40.3. The molecular formula is C9H16N3O13P3S. The molecule has 16 nitrogen and oxygen atoms in total. The quantitative estimate of drug-likeness (QED) is 0.189. The molecule has 0 aromatic carbocycles. The highest BCUT2D eigenvalue weighted by atomic mass is 32.5. The Morgan fingerprint density at radius 1 is 1.21 bits per heavy atom. The van der Waals surface area contributed by atoms with E-state index < -0.39 is 59.2 Å². The summed E-state index contributed by atoms with van der Waals surface area (Å²) in [6.07, 6.45) is -4.98. The summed E-state index contributed by atoms with van der Waals surface area (Å²) in [4.78, 5) is 51.2. The van der Waals surface area contributed by atoms with Gasteiger partial charge in [0.25, 0.3) is 0 Å². The molecule has 2 rings (SSSR count). The van der Waals surface area contributed by atoms with Gasteiger partial charge in [-0.15, -0.1) is 0 Å². The fourth-order valence-electron chi connectivity index (χ4n) is 2.19. The maximum atomic E-state index is 11.8. The minimum atomic E-state index is -5.51. The van der Waals surface area contributed by atoms with Crippen LogP contribution in [-0.4, -0.2) is 64.3 Å². The summed E-state index contributed by atoms with van der Waals surface area (Å²) in [7, 11) is -11.0. The van der Waals surface area contributed by atoms with Gasteiger partial charge in [0.2, 0.25) is 0 Å². The van der Waals surface area contributed by atoms with E-state index >= 15 is 0 Å². The first kappa shape index (κ1) is 24.7. The number of rotatable bonds is 8. The Labute approximate surface area is 166 Å². The standard InChI is InChI=1S/C9H16N3O13P3S/c10-5-1-2-12(9(15)11-5)8-7(14)6(13)4(23-8)3-22-28(21,29)25-27(19,20)24-26(16,17)18/h1-2,4,6-8,13-14H,3H2,(H,19,20)(H,21,29)(H2,10,11,15)(H2,16,17,18)/t4-,6+,7?,8-,28?/m1/s1. The first-order valence-corrected chi connectivity index (χ1v) is 12.9. The SMILES string of the molecule is Nc1ccn([C@@H]2O[C@H](COP(O)(=S)OP(=O)(O)OP(=O)(O)O)[C@H](O)C2O)c(=O)n1. The molecular weight excluding hydrogens is 483 g/mol. The third-order valence-electron chi connectivity index (χ3n) is 3.28. The van der Waals surface area contributed by atoms with E-state index in [1.807, 2.05) is 0 Å². The molecule has 1 fully saturated rings. The van der Waals surface area contributed by atoms with E-state index in [0.29, 0.717) is 0 Å². The smallest absolute Gasteiger partial charge is 0.387 e. The van der Waals surface area contributed by atoms with Crippen LogP contribution < -0.4 is 11.4 Å². The van der Waals surface area contributed by atoms with Crippen LogP contribution >= 0.6 is 22.4 Å². The number of hydrogen-bond donors (Lipinski definition) is 7. The molecule has 2 heterocycles. The van der Waals surface area contributed by atoms with Gasteiger partial charge in [-0.1, -0.05) is 0 Å². The van der Waals surface area contributed by atoms with Gasteiger partial charge in [0, 0.05) is 6.20 Å². The van der Waals surface area contributed by atoms with Gasteiger partial charge in [0.05, 0.1) is 6.61 Å². The zero-order valence-corrected chi connectivity index (χ0v) is 17.4. The fourth-order valence-corrected chi connectivity index (χ4v) is 6.16. The van der Waals surface area contributed by atoms with Crippen molar-refractivity contribution in [2.45, 2.75) is 24.5 Å². The highest BCUT2D eigenvalue weighted by molar-refractivity contribution is 8.08. The van der Waals surface area contributed by atoms with E-state index in [1.165, 1.54) is 6.07 Å². The van der Waals surface area contributed by atoms with Crippen molar-refractivity contribution in [1.82, 2.24) is 9.55 Å². The molecule has 29 heavy (non-hydrogen) atoms. The average molecular weight is 499 g/mol. The van der Waals surface area contributed by atoms with Crippen molar-refractivity contribution in [2.24, 2.45) is 0 Å². The van der Waals surface area contributed by atoms with E-state index in [0.717, 1.165) is 10.8 Å². The number of ether oxygens (including phenoxy) is 1. The van der Waals surface area contributed by atoms with E-state index in [4.69, 9.17) is 24.8 Å². The molecule has 0 radical (unpaired) electrons. The van der Waals surface area contributed by atoms with Gasteiger partial charge < -0.3 is 44.8 Å². The number of nitrogens with two attached hydrogens (primary N) is 1. The van der Waals surface area contributed by atoms with Crippen molar-refractivity contribution in [3.05, 3.63) is 22.7 Å². The van der Waals surface area contributed by atoms with Crippen LogP contribution in [0.2, 0.25) is 0 Å². The van der Waals surface area contributed by atoms with Gasteiger partial charge >= 0.3 is 28.1 Å². The predicted molar refractivity (Wildman–Crippen MR) is 95.3 cm³/mol. The lowest BCUT2D eigenvalue weighted by molar-refractivity contribution is -0.0526. The lowest BCUT2D eigenvalue weighted by Crippen LogP contribution is -2.36. The summed E-state index contributed by atoms with van der Waals surface area (Å²) in [6.45, 7) is -5.43. The Morgan fingerprint density at radius 2 is 1.83 bits per heavy atom. The van der Waals surface area contributed by atoms with Crippen LogP contribution in [0.25, 0.3) is 0 Å². The first-order chi connectivity index (χ1) is 13.1. The second-order valence-electron chi connectivity index (χ2n) is 5.48. The molecule has 0 saturated carbocycles. The monoisotopic (exact) mass is 499 g/mol. The molecule has 0 aliphatic carbocycles. The summed E-state index contributed by atoms with van der Waals surface area (Å²) in [5, 5.41) is 20.1. The number of anilines is 1. The Bertz CT molecular complexity index is 951. The molecule has 1 aliphatic heterocycles. The molecule has 6 atom stereocenters. The fraction of sp³-hybridized carbons (Fsp3) is 0.556. The van der Waals surface area contributed by atoms with Gasteiger partial charge in [-0.3, -0.25) is 4.57 Å². The van der Waals surface area contributed by atoms with Gasteiger partial charge in [0.1, 0.15) is 24.1 Å². The average Bonchev–Trinajstić information content (AvgIpc) is 2.78. The van der Waals surface area contributed by atoms with Gasteiger partial charge in [0.15, 0.2) is 6.23 Å². The molecule has 1 saturated heterocycles. The van der Waals surface area contributed by atoms with E-state index in [-0.39, 0.29) is 5.82 Å². The van der Waals surface area contributed by atoms with Crippen LogP contribution in [0.1, 0.15) is 6.23 Å². The highest BCUT2D eigenvalue weighted by Gasteiger charge is 2.45. The summed E-state index contributed by atoms with van der Waals surface area (Å²) in [5.41, 5.74) is 4.46. The minimum absolute atomic E-state index is 0.0942. The molecule has 0 spiro atoms.